The number of nitrogens with one attached hydrogen (secondary N) is 2. The van der Waals surface area contributed by atoms with Crippen LogP contribution in [-0.2, 0) is 17.1 Å². The summed E-state index contributed by atoms with van der Waals surface area (Å²) in [7, 11) is 0. The molecule has 2 N–H and O–H groups in total. The number of fused-ring (bicyclic) bond motifs is 1. The number of amides is 1. The van der Waals surface area contributed by atoms with Crippen LogP contribution in [0.1, 0.15) is 36.7 Å². The Balaban J connectivity index is 1.28. The fourth-order valence-electron chi connectivity index (χ4n) is 4.01. The average molecular weight is 437 g/mol. The molecule has 4 rings (SSSR count). The van der Waals surface area contributed by atoms with Gasteiger partial charge in [-0.1, -0.05) is 24.3 Å². The summed E-state index contributed by atoms with van der Waals surface area (Å²) in [5.74, 6) is 1.44. The second-order valence-electron chi connectivity index (χ2n) is 8.15. The summed E-state index contributed by atoms with van der Waals surface area (Å²) in [6.07, 6.45) is 2.26. The first-order valence-electron chi connectivity index (χ1n) is 10.7. The van der Waals surface area contributed by atoms with Crippen molar-refractivity contribution in [3.05, 3.63) is 69.8 Å². The Kier molecular flexibility index (Phi) is 6.73. The number of aryl methyl sites for hydroxylation is 1. The number of aromatic amines is 1. The zero-order chi connectivity index (χ0) is 21.8. The van der Waals surface area contributed by atoms with E-state index >= 15 is 0 Å². The van der Waals surface area contributed by atoms with E-state index < -0.39 is 0 Å². The van der Waals surface area contributed by atoms with E-state index in [9.17, 15) is 9.59 Å². The predicted molar refractivity (Wildman–Crippen MR) is 127 cm³/mol. The third-order valence-corrected chi connectivity index (χ3v) is 7.04. The molecule has 2 aromatic carbocycles. The average Bonchev–Trinajstić information content (AvgIpc) is 2.75. The van der Waals surface area contributed by atoms with Crippen LogP contribution < -0.4 is 10.9 Å². The molecule has 162 valence electrons. The monoisotopic (exact) mass is 436 g/mol. The number of rotatable bonds is 6. The molecule has 1 fully saturated rings. The third kappa shape index (κ3) is 5.54. The highest BCUT2D eigenvalue weighted by Crippen LogP contribution is 2.27. The van der Waals surface area contributed by atoms with Crippen LogP contribution in [0.3, 0.4) is 0 Å². The van der Waals surface area contributed by atoms with Crippen molar-refractivity contribution in [2.75, 3.05) is 18.4 Å². The fraction of sp³-hybridized carbons (Fsp3) is 0.375. The summed E-state index contributed by atoms with van der Waals surface area (Å²) in [5, 5.41) is 4.04. The maximum absolute atomic E-state index is 12.4. The summed E-state index contributed by atoms with van der Waals surface area (Å²) in [6, 6.07) is 13.8. The minimum atomic E-state index is -0.0522. The molecule has 31 heavy (non-hydrogen) atoms. The molecule has 0 atom stereocenters. The van der Waals surface area contributed by atoms with E-state index in [-0.39, 0.29) is 11.5 Å². The highest BCUT2D eigenvalue weighted by molar-refractivity contribution is 7.99. The Morgan fingerprint density at radius 2 is 1.94 bits per heavy atom. The van der Waals surface area contributed by atoms with Gasteiger partial charge in [-0.05, 0) is 62.2 Å². The zero-order valence-corrected chi connectivity index (χ0v) is 18.8. The van der Waals surface area contributed by atoms with Gasteiger partial charge >= 0.3 is 0 Å². The number of hydrogen-bond donors (Lipinski definition) is 2. The van der Waals surface area contributed by atoms with Gasteiger partial charge < -0.3 is 10.3 Å². The SMILES string of the molecule is CC(=O)Nc1ccc(CN2CCC(SCc3nc4c(C)cccc4c(=O)[nH]3)CC2)cc1. The largest absolute Gasteiger partial charge is 0.326 e. The molecular formula is C24H28N4O2S. The first kappa shape index (κ1) is 21.6. The molecule has 7 heteroatoms. The van der Waals surface area contributed by atoms with Crippen LogP contribution in [0.4, 0.5) is 5.69 Å². The van der Waals surface area contributed by atoms with Crippen LogP contribution in [0.2, 0.25) is 0 Å². The Bertz CT molecular complexity index is 1120. The van der Waals surface area contributed by atoms with E-state index in [1.807, 2.05) is 49.0 Å². The first-order chi connectivity index (χ1) is 15.0. The number of hydrogen-bond acceptors (Lipinski definition) is 5. The van der Waals surface area contributed by atoms with Gasteiger partial charge in [-0.3, -0.25) is 14.5 Å². The fourth-order valence-corrected chi connectivity index (χ4v) is 5.08. The molecule has 0 unspecified atom stereocenters. The molecule has 1 aliphatic rings. The maximum atomic E-state index is 12.4. The van der Waals surface area contributed by atoms with Gasteiger partial charge in [0, 0.05) is 24.4 Å². The summed E-state index contributed by atoms with van der Waals surface area (Å²) < 4.78 is 0. The molecule has 2 heterocycles. The van der Waals surface area contributed by atoms with Gasteiger partial charge in [0.2, 0.25) is 5.91 Å². The summed E-state index contributed by atoms with van der Waals surface area (Å²) in [5.41, 5.74) is 3.88. The molecule has 1 aromatic heterocycles. The van der Waals surface area contributed by atoms with E-state index in [0.29, 0.717) is 10.6 Å². The smallest absolute Gasteiger partial charge is 0.258 e. The van der Waals surface area contributed by atoms with Crippen molar-refractivity contribution in [2.24, 2.45) is 0 Å². The van der Waals surface area contributed by atoms with Crippen LogP contribution in [0.15, 0.2) is 47.3 Å². The van der Waals surface area contributed by atoms with Gasteiger partial charge in [0.15, 0.2) is 0 Å². The normalized spacial score (nSPS) is 15.3. The molecule has 0 radical (unpaired) electrons. The molecule has 1 saturated heterocycles. The number of benzene rings is 2. The predicted octanol–water partition coefficient (Wildman–Crippen LogP) is 4.09. The minimum absolute atomic E-state index is 0.0505. The Hall–Kier alpha value is -2.64. The number of nitrogens with zero attached hydrogens (tertiary/aromatic N) is 2. The summed E-state index contributed by atoms with van der Waals surface area (Å²) >= 11 is 1.89. The van der Waals surface area contributed by atoms with Crippen molar-refractivity contribution >= 4 is 34.3 Å². The van der Waals surface area contributed by atoms with Gasteiger partial charge in [-0.25, -0.2) is 4.98 Å². The van der Waals surface area contributed by atoms with Crippen molar-refractivity contribution in [2.45, 2.75) is 44.2 Å². The highest BCUT2D eigenvalue weighted by Gasteiger charge is 2.20. The highest BCUT2D eigenvalue weighted by atomic mass is 32.2. The van der Waals surface area contributed by atoms with Crippen LogP contribution in [-0.4, -0.2) is 39.1 Å². The van der Waals surface area contributed by atoms with Crippen molar-refractivity contribution in [3.63, 3.8) is 0 Å². The first-order valence-corrected chi connectivity index (χ1v) is 11.7. The lowest BCUT2D eigenvalue weighted by Crippen LogP contribution is -2.34. The van der Waals surface area contributed by atoms with Crippen LogP contribution in [0.25, 0.3) is 10.9 Å². The van der Waals surface area contributed by atoms with Gasteiger partial charge in [-0.15, -0.1) is 0 Å². The Morgan fingerprint density at radius 3 is 2.65 bits per heavy atom. The zero-order valence-electron chi connectivity index (χ0n) is 18.0. The van der Waals surface area contributed by atoms with Crippen molar-refractivity contribution in [3.8, 4) is 0 Å². The number of para-hydroxylation sites is 1. The molecule has 0 bridgehead atoms. The summed E-state index contributed by atoms with van der Waals surface area (Å²) in [6.45, 7) is 6.56. The lowest BCUT2D eigenvalue weighted by atomic mass is 10.1. The van der Waals surface area contributed by atoms with E-state index in [0.717, 1.165) is 60.8 Å². The molecule has 0 aliphatic carbocycles. The lowest BCUT2D eigenvalue weighted by Gasteiger charge is -2.31. The van der Waals surface area contributed by atoms with Crippen LogP contribution in [0.5, 0.6) is 0 Å². The number of thioether (sulfide) groups is 1. The molecule has 6 nitrogen and oxygen atoms in total. The Labute approximate surface area is 186 Å². The molecule has 0 saturated carbocycles. The van der Waals surface area contributed by atoms with Crippen molar-refractivity contribution in [1.82, 2.24) is 14.9 Å². The van der Waals surface area contributed by atoms with E-state index in [1.165, 1.54) is 12.5 Å². The number of piperidine rings is 1. The molecule has 1 aliphatic heterocycles. The minimum Gasteiger partial charge on any atom is -0.326 e. The summed E-state index contributed by atoms with van der Waals surface area (Å²) in [4.78, 5) is 33.6. The standard InChI is InChI=1S/C24H28N4O2S/c1-16-4-3-5-21-23(16)26-22(27-24(21)30)15-31-20-10-12-28(13-11-20)14-18-6-8-19(9-7-18)25-17(2)29/h3-9,20H,10-15H2,1-2H3,(H,25,29)(H,26,27,30). The molecule has 1 amide bonds. The molecule has 0 spiro atoms. The second-order valence-corrected chi connectivity index (χ2v) is 9.44. The van der Waals surface area contributed by atoms with E-state index in [4.69, 9.17) is 4.98 Å². The third-order valence-electron chi connectivity index (χ3n) is 5.66. The lowest BCUT2D eigenvalue weighted by molar-refractivity contribution is -0.114. The second kappa shape index (κ2) is 9.66. The number of carbonyl (C=O) groups excluding carboxylic acids is 1. The van der Waals surface area contributed by atoms with Gasteiger partial charge in [0.25, 0.3) is 5.56 Å². The Morgan fingerprint density at radius 1 is 1.19 bits per heavy atom. The quantitative estimate of drug-likeness (QED) is 0.609. The number of aromatic nitrogens is 2. The number of carbonyl (C=O) groups is 1. The molecular weight excluding hydrogens is 408 g/mol. The van der Waals surface area contributed by atoms with Crippen LogP contribution in [0, 0.1) is 6.92 Å². The van der Waals surface area contributed by atoms with E-state index in [2.05, 4.69) is 27.3 Å². The molecule has 3 aromatic rings. The van der Waals surface area contributed by atoms with Crippen molar-refractivity contribution in [1.29, 1.82) is 0 Å². The van der Waals surface area contributed by atoms with Gasteiger partial charge in [-0.2, -0.15) is 11.8 Å². The van der Waals surface area contributed by atoms with E-state index in [1.54, 1.807) is 0 Å². The van der Waals surface area contributed by atoms with Crippen molar-refractivity contribution < 1.29 is 4.79 Å². The van der Waals surface area contributed by atoms with Gasteiger partial charge in [0.1, 0.15) is 5.82 Å². The number of H-pyrrole nitrogens is 1. The number of likely N-dealkylation sites (tertiary alicyclic amines) is 1. The van der Waals surface area contributed by atoms with Crippen LogP contribution >= 0.6 is 11.8 Å². The maximum Gasteiger partial charge on any atom is 0.258 e. The topological polar surface area (TPSA) is 78.1 Å². The van der Waals surface area contributed by atoms with Gasteiger partial charge in [0.05, 0.1) is 16.7 Å². The number of anilines is 1.